The lowest BCUT2D eigenvalue weighted by atomic mass is 10.0. The lowest BCUT2D eigenvalue weighted by Gasteiger charge is -2.07. The first-order valence-electron chi connectivity index (χ1n) is 5.45. The number of methoxy groups -OCH3 is 1. The number of carbonyl (C=O) groups is 2. The van der Waals surface area contributed by atoms with Crippen molar-refractivity contribution in [2.45, 2.75) is 13.8 Å². The molecule has 0 atom stereocenters. The molecule has 0 saturated carbocycles. The van der Waals surface area contributed by atoms with Crippen LogP contribution in [0.15, 0.2) is 10.5 Å². The van der Waals surface area contributed by atoms with Crippen molar-refractivity contribution in [3.05, 3.63) is 23.0 Å². The molecule has 0 aliphatic heterocycles. The number of rotatable bonds is 3. The Hall–Kier alpha value is -2.50. The minimum absolute atomic E-state index is 0.0562. The normalized spacial score (nSPS) is 10.7. The summed E-state index contributed by atoms with van der Waals surface area (Å²) in [4.78, 5) is 22.7. The van der Waals surface area contributed by atoms with Crippen LogP contribution in [0.1, 0.15) is 33.4 Å². The van der Waals surface area contributed by atoms with Gasteiger partial charge in [-0.2, -0.15) is 0 Å². The maximum Gasteiger partial charge on any atom is 0.372 e. The number of Topliss-reactive ketones (excluding diaryl/α,β-unsaturated/α-hetero) is 1. The molecule has 2 N–H and O–H groups in total. The Balaban J connectivity index is 2.96. The van der Waals surface area contributed by atoms with Gasteiger partial charge in [-0.05, 0) is 19.9 Å². The number of aromatic hydroxyl groups is 1. The van der Waals surface area contributed by atoms with Crippen molar-refractivity contribution in [3.63, 3.8) is 0 Å². The summed E-state index contributed by atoms with van der Waals surface area (Å²) in [5.41, 5.74) is 0.356. The van der Waals surface area contributed by atoms with Gasteiger partial charge in [0.1, 0.15) is 11.1 Å². The second kappa shape index (κ2) is 4.31. The average molecular weight is 264 g/mol. The molecule has 1 heterocycles. The topological polar surface area (TPSA) is 97.0 Å². The number of hydrogen-bond acceptors (Lipinski definition) is 5. The number of carboxylic acids is 1. The van der Waals surface area contributed by atoms with E-state index in [-0.39, 0.29) is 28.4 Å². The smallest absolute Gasteiger partial charge is 0.372 e. The SMILES string of the molecule is COc1cc2c(C)c(C(=O)O)oc2c(C(C)=O)c1O. The van der Waals surface area contributed by atoms with Gasteiger partial charge in [-0.25, -0.2) is 4.79 Å². The molecule has 100 valence electrons. The molecule has 0 spiro atoms. The molecule has 0 radical (unpaired) electrons. The highest BCUT2D eigenvalue weighted by molar-refractivity contribution is 6.10. The van der Waals surface area contributed by atoms with Gasteiger partial charge in [0.2, 0.25) is 5.76 Å². The number of ketones is 1. The largest absolute Gasteiger partial charge is 0.504 e. The molecule has 1 aromatic carbocycles. The molecule has 2 aromatic rings. The summed E-state index contributed by atoms with van der Waals surface area (Å²) in [5.74, 6) is -2.19. The lowest BCUT2D eigenvalue weighted by molar-refractivity contribution is 0.0663. The van der Waals surface area contributed by atoms with Gasteiger partial charge < -0.3 is 19.4 Å². The van der Waals surface area contributed by atoms with Gasteiger partial charge in [0.15, 0.2) is 17.3 Å². The van der Waals surface area contributed by atoms with Crippen LogP contribution in [-0.4, -0.2) is 29.1 Å². The predicted octanol–water partition coefficient (Wildman–Crippen LogP) is 2.36. The Morgan fingerprint density at radius 1 is 1.37 bits per heavy atom. The van der Waals surface area contributed by atoms with Crippen LogP contribution in [-0.2, 0) is 0 Å². The summed E-state index contributed by atoms with van der Waals surface area (Å²) in [6, 6.07) is 1.45. The van der Waals surface area contributed by atoms with Crippen LogP contribution in [0.5, 0.6) is 11.5 Å². The number of aryl methyl sites for hydroxylation is 1. The van der Waals surface area contributed by atoms with Crippen LogP contribution >= 0.6 is 0 Å². The number of carboxylic acid groups (broad SMARTS) is 1. The van der Waals surface area contributed by atoms with Crippen molar-refractivity contribution in [2.24, 2.45) is 0 Å². The maximum absolute atomic E-state index is 11.6. The Labute approximate surface area is 108 Å². The van der Waals surface area contributed by atoms with Crippen molar-refractivity contribution < 1.29 is 29.0 Å². The van der Waals surface area contributed by atoms with E-state index >= 15 is 0 Å². The fraction of sp³-hybridized carbons (Fsp3) is 0.231. The Morgan fingerprint density at radius 3 is 2.47 bits per heavy atom. The first kappa shape index (κ1) is 12.9. The standard InChI is InChI=1S/C13H12O6/c1-5-7-4-8(18-3)10(15)9(6(2)14)12(7)19-11(5)13(16)17/h4,15H,1-3H3,(H,16,17). The van der Waals surface area contributed by atoms with E-state index in [0.29, 0.717) is 10.9 Å². The Kier molecular flexibility index (Phi) is 2.94. The van der Waals surface area contributed by atoms with E-state index in [1.165, 1.54) is 20.1 Å². The zero-order chi connectivity index (χ0) is 14.3. The molecule has 0 amide bonds. The van der Waals surface area contributed by atoms with Gasteiger partial charge in [-0.15, -0.1) is 0 Å². The highest BCUT2D eigenvalue weighted by Crippen LogP contribution is 2.40. The van der Waals surface area contributed by atoms with E-state index < -0.39 is 11.8 Å². The second-order valence-corrected chi connectivity index (χ2v) is 4.10. The summed E-state index contributed by atoms with van der Waals surface area (Å²) in [7, 11) is 1.35. The number of furan rings is 1. The summed E-state index contributed by atoms with van der Waals surface area (Å²) < 4.78 is 10.2. The fourth-order valence-electron chi connectivity index (χ4n) is 2.00. The number of carbonyl (C=O) groups excluding carboxylic acids is 1. The first-order valence-corrected chi connectivity index (χ1v) is 5.45. The molecule has 0 aliphatic rings. The van der Waals surface area contributed by atoms with E-state index in [1.807, 2.05) is 0 Å². The number of hydrogen-bond donors (Lipinski definition) is 2. The zero-order valence-electron chi connectivity index (χ0n) is 10.6. The fourth-order valence-corrected chi connectivity index (χ4v) is 2.00. The molecule has 0 unspecified atom stereocenters. The van der Waals surface area contributed by atoms with Gasteiger partial charge in [0, 0.05) is 10.9 Å². The first-order chi connectivity index (χ1) is 8.88. The molecule has 0 saturated heterocycles. The summed E-state index contributed by atoms with van der Waals surface area (Å²) >= 11 is 0. The van der Waals surface area contributed by atoms with E-state index in [4.69, 9.17) is 14.3 Å². The minimum atomic E-state index is -1.23. The van der Waals surface area contributed by atoms with Crippen molar-refractivity contribution in [1.82, 2.24) is 0 Å². The van der Waals surface area contributed by atoms with Crippen LogP contribution in [0.2, 0.25) is 0 Å². The molecular formula is C13H12O6. The number of fused-ring (bicyclic) bond motifs is 1. The molecule has 0 bridgehead atoms. The predicted molar refractivity (Wildman–Crippen MR) is 66.1 cm³/mol. The van der Waals surface area contributed by atoms with Gasteiger partial charge >= 0.3 is 5.97 Å². The quantitative estimate of drug-likeness (QED) is 0.826. The molecular weight excluding hydrogens is 252 g/mol. The number of ether oxygens (including phenoxy) is 1. The number of aromatic carboxylic acids is 1. The monoisotopic (exact) mass is 264 g/mol. The Bertz CT molecular complexity index is 695. The van der Waals surface area contributed by atoms with Gasteiger partial charge in [-0.3, -0.25) is 4.79 Å². The van der Waals surface area contributed by atoms with E-state index in [0.717, 1.165) is 0 Å². The van der Waals surface area contributed by atoms with Crippen LogP contribution < -0.4 is 4.74 Å². The minimum Gasteiger partial charge on any atom is -0.504 e. The van der Waals surface area contributed by atoms with Crippen molar-refractivity contribution in [2.75, 3.05) is 7.11 Å². The third kappa shape index (κ3) is 1.81. The Morgan fingerprint density at radius 2 is 2.00 bits per heavy atom. The number of phenolic OH excluding ortho intramolecular Hbond substituents is 1. The summed E-state index contributed by atoms with van der Waals surface area (Å²) in [6.45, 7) is 2.82. The molecule has 2 rings (SSSR count). The van der Waals surface area contributed by atoms with E-state index in [1.54, 1.807) is 6.92 Å². The van der Waals surface area contributed by atoms with Crippen molar-refractivity contribution in [3.8, 4) is 11.5 Å². The van der Waals surface area contributed by atoms with Crippen LogP contribution in [0.4, 0.5) is 0 Å². The lowest BCUT2D eigenvalue weighted by Crippen LogP contribution is -1.96. The summed E-state index contributed by atoms with van der Waals surface area (Å²) in [5, 5.41) is 19.4. The third-order valence-corrected chi connectivity index (χ3v) is 2.93. The molecule has 1 aromatic heterocycles. The third-order valence-electron chi connectivity index (χ3n) is 2.93. The molecule has 19 heavy (non-hydrogen) atoms. The van der Waals surface area contributed by atoms with Gasteiger partial charge in [-0.1, -0.05) is 0 Å². The molecule has 6 heteroatoms. The van der Waals surface area contributed by atoms with Gasteiger partial charge in [0.25, 0.3) is 0 Å². The summed E-state index contributed by atoms with van der Waals surface area (Å²) in [6.07, 6.45) is 0. The maximum atomic E-state index is 11.6. The average Bonchev–Trinajstić information content (AvgIpc) is 2.65. The molecule has 0 aliphatic carbocycles. The highest BCUT2D eigenvalue weighted by atomic mass is 16.5. The second-order valence-electron chi connectivity index (χ2n) is 4.10. The van der Waals surface area contributed by atoms with Crippen LogP contribution in [0.25, 0.3) is 11.0 Å². The van der Waals surface area contributed by atoms with E-state index in [2.05, 4.69) is 0 Å². The molecule has 0 fully saturated rings. The van der Waals surface area contributed by atoms with E-state index in [9.17, 15) is 14.7 Å². The van der Waals surface area contributed by atoms with Crippen LogP contribution in [0.3, 0.4) is 0 Å². The number of phenols is 1. The highest BCUT2D eigenvalue weighted by Gasteiger charge is 2.25. The molecule has 6 nitrogen and oxygen atoms in total. The van der Waals surface area contributed by atoms with Gasteiger partial charge in [0.05, 0.1) is 7.11 Å². The zero-order valence-corrected chi connectivity index (χ0v) is 10.6. The van der Waals surface area contributed by atoms with Crippen molar-refractivity contribution in [1.29, 1.82) is 0 Å². The van der Waals surface area contributed by atoms with Crippen molar-refractivity contribution >= 4 is 22.7 Å². The number of benzene rings is 1. The van der Waals surface area contributed by atoms with Crippen LogP contribution in [0, 0.1) is 6.92 Å².